The molecule has 0 radical (unpaired) electrons. The van der Waals surface area contributed by atoms with Gasteiger partial charge < -0.3 is 10.1 Å². The molecule has 0 saturated heterocycles. The normalized spacial score (nSPS) is 11.2. The summed E-state index contributed by atoms with van der Waals surface area (Å²) in [6.45, 7) is 7.13. The number of nitrogens with zero attached hydrogens (tertiary/aromatic N) is 1. The van der Waals surface area contributed by atoms with Gasteiger partial charge in [-0.05, 0) is 34.7 Å². The molecule has 1 N–H and O–H groups in total. The smallest absolute Gasteiger partial charge is 0.126 e. The zero-order chi connectivity index (χ0) is 14.6. The van der Waals surface area contributed by atoms with Crippen molar-refractivity contribution >= 4 is 5.82 Å². The van der Waals surface area contributed by atoms with E-state index in [1.54, 1.807) is 6.20 Å². The molecule has 0 atom stereocenters. The summed E-state index contributed by atoms with van der Waals surface area (Å²) in [6, 6.07) is 12.2. The van der Waals surface area contributed by atoms with Crippen molar-refractivity contribution < 1.29 is 4.74 Å². The van der Waals surface area contributed by atoms with Crippen LogP contribution in [-0.2, 0) is 12.0 Å². The molecule has 20 heavy (non-hydrogen) atoms. The Bertz CT molecular complexity index is 573. The van der Waals surface area contributed by atoms with Gasteiger partial charge in [0.15, 0.2) is 0 Å². The third-order valence-corrected chi connectivity index (χ3v) is 3.17. The van der Waals surface area contributed by atoms with E-state index in [9.17, 15) is 0 Å². The molecular formula is C17H22N2O. The van der Waals surface area contributed by atoms with Crippen LogP contribution < -0.4 is 10.1 Å². The minimum Gasteiger partial charge on any atom is -0.489 e. The van der Waals surface area contributed by atoms with Crippen molar-refractivity contribution in [3.8, 4) is 5.75 Å². The predicted octanol–water partition coefficient (Wildman–Crippen LogP) is 4.00. The minimum absolute atomic E-state index is 0.0744. The highest BCUT2D eigenvalue weighted by atomic mass is 16.5. The van der Waals surface area contributed by atoms with E-state index >= 15 is 0 Å². The number of ether oxygens (including phenoxy) is 1. The number of anilines is 1. The number of benzene rings is 1. The van der Waals surface area contributed by atoms with Crippen LogP contribution >= 0.6 is 0 Å². The van der Waals surface area contributed by atoms with Crippen LogP contribution in [0.3, 0.4) is 0 Å². The van der Waals surface area contributed by atoms with Crippen molar-refractivity contribution in [1.29, 1.82) is 0 Å². The van der Waals surface area contributed by atoms with Crippen LogP contribution in [0, 0.1) is 0 Å². The second kappa shape index (κ2) is 5.95. The highest BCUT2D eigenvalue weighted by Gasteiger charge is 2.18. The van der Waals surface area contributed by atoms with Crippen LogP contribution in [0.4, 0.5) is 5.82 Å². The van der Waals surface area contributed by atoms with Gasteiger partial charge in [0.2, 0.25) is 0 Å². The van der Waals surface area contributed by atoms with Gasteiger partial charge in [-0.15, -0.1) is 0 Å². The maximum absolute atomic E-state index is 5.99. The van der Waals surface area contributed by atoms with E-state index in [-0.39, 0.29) is 5.41 Å². The van der Waals surface area contributed by atoms with Crippen molar-refractivity contribution in [2.75, 3.05) is 12.4 Å². The van der Waals surface area contributed by atoms with Crippen LogP contribution in [0.15, 0.2) is 42.6 Å². The van der Waals surface area contributed by atoms with Gasteiger partial charge in [-0.1, -0.05) is 39.0 Å². The summed E-state index contributed by atoms with van der Waals surface area (Å²) in [5.74, 6) is 1.80. The summed E-state index contributed by atoms with van der Waals surface area (Å²) >= 11 is 0. The van der Waals surface area contributed by atoms with E-state index < -0.39 is 0 Å². The molecule has 2 rings (SSSR count). The summed E-state index contributed by atoms with van der Waals surface area (Å²) < 4.78 is 5.99. The lowest BCUT2D eigenvalue weighted by atomic mass is 9.86. The predicted molar refractivity (Wildman–Crippen MR) is 83.3 cm³/mol. The summed E-state index contributed by atoms with van der Waals surface area (Å²) in [7, 11) is 1.86. The van der Waals surface area contributed by atoms with Crippen LogP contribution in [0.1, 0.15) is 31.9 Å². The molecule has 0 amide bonds. The first-order valence-electron chi connectivity index (χ1n) is 6.85. The number of pyridine rings is 1. The quantitative estimate of drug-likeness (QED) is 0.911. The Kier molecular flexibility index (Phi) is 4.28. The number of hydrogen-bond acceptors (Lipinski definition) is 3. The molecule has 0 saturated carbocycles. The lowest BCUT2D eigenvalue weighted by molar-refractivity contribution is 0.297. The lowest BCUT2D eigenvalue weighted by Gasteiger charge is -2.22. The van der Waals surface area contributed by atoms with E-state index in [0.717, 1.165) is 17.1 Å². The van der Waals surface area contributed by atoms with Gasteiger partial charge in [0, 0.05) is 13.2 Å². The fourth-order valence-corrected chi connectivity index (χ4v) is 2.07. The van der Waals surface area contributed by atoms with Gasteiger partial charge >= 0.3 is 0 Å². The number of para-hydroxylation sites is 1. The molecule has 0 aliphatic carbocycles. The lowest BCUT2D eigenvalue weighted by Crippen LogP contribution is -2.13. The summed E-state index contributed by atoms with van der Waals surface area (Å²) in [5.41, 5.74) is 2.40. The number of hydrogen-bond donors (Lipinski definition) is 1. The molecule has 0 spiro atoms. The molecule has 0 fully saturated rings. The molecule has 0 unspecified atom stereocenters. The fourth-order valence-electron chi connectivity index (χ4n) is 2.07. The number of rotatable bonds is 4. The van der Waals surface area contributed by atoms with Crippen molar-refractivity contribution in [2.45, 2.75) is 32.8 Å². The molecule has 3 heteroatoms. The van der Waals surface area contributed by atoms with Gasteiger partial charge in [0.25, 0.3) is 0 Å². The molecule has 1 aromatic carbocycles. The van der Waals surface area contributed by atoms with Crippen LogP contribution in [0.5, 0.6) is 5.75 Å². The maximum atomic E-state index is 5.99. The Morgan fingerprint density at radius 3 is 2.60 bits per heavy atom. The van der Waals surface area contributed by atoms with E-state index in [2.05, 4.69) is 43.2 Å². The first kappa shape index (κ1) is 14.4. The molecular weight excluding hydrogens is 248 g/mol. The Labute approximate surface area is 121 Å². The highest BCUT2D eigenvalue weighted by molar-refractivity contribution is 5.39. The molecule has 0 aliphatic rings. The third kappa shape index (κ3) is 3.50. The standard InChI is InChI=1S/C17H22N2O/c1-17(2,3)14-7-5-6-8-15(14)20-12-13-9-10-19-16(11-13)18-4/h5-11H,12H2,1-4H3,(H,18,19). The molecule has 0 bridgehead atoms. The van der Waals surface area contributed by atoms with Gasteiger partial charge in [0.05, 0.1) is 0 Å². The number of aromatic nitrogens is 1. The van der Waals surface area contributed by atoms with E-state index in [1.165, 1.54) is 5.56 Å². The maximum Gasteiger partial charge on any atom is 0.126 e. The zero-order valence-corrected chi connectivity index (χ0v) is 12.6. The van der Waals surface area contributed by atoms with Gasteiger partial charge in [-0.3, -0.25) is 0 Å². The first-order chi connectivity index (χ1) is 9.50. The van der Waals surface area contributed by atoms with Crippen LogP contribution in [0.25, 0.3) is 0 Å². The Balaban J connectivity index is 2.15. The van der Waals surface area contributed by atoms with Gasteiger partial charge in [0.1, 0.15) is 18.2 Å². The molecule has 1 heterocycles. The topological polar surface area (TPSA) is 34.1 Å². The monoisotopic (exact) mass is 270 g/mol. The largest absolute Gasteiger partial charge is 0.489 e. The summed E-state index contributed by atoms with van der Waals surface area (Å²) in [6.07, 6.45) is 1.79. The van der Waals surface area contributed by atoms with E-state index in [4.69, 9.17) is 4.74 Å². The number of nitrogens with one attached hydrogen (secondary N) is 1. The van der Waals surface area contributed by atoms with Crippen LogP contribution in [-0.4, -0.2) is 12.0 Å². The van der Waals surface area contributed by atoms with Gasteiger partial charge in [-0.2, -0.15) is 0 Å². The average Bonchev–Trinajstić information content (AvgIpc) is 2.44. The molecule has 106 valence electrons. The molecule has 0 aliphatic heterocycles. The second-order valence-electron chi connectivity index (χ2n) is 5.83. The zero-order valence-electron chi connectivity index (χ0n) is 12.6. The Hall–Kier alpha value is -2.03. The summed E-state index contributed by atoms with van der Waals surface area (Å²) in [5, 5.41) is 3.03. The van der Waals surface area contributed by atoms with Crippen molar-refractivity contribution in [3.63, 3.8) is 0 Å². The van der Waals surface area contributed by atoms with Crippen LogP contribution in [0.2, 0.25) is 0 Å². The summed E-state index contributed by atoms with van der Waals surface area (Å²) in [4.78, 5) is 4.20. The minimum atomic E-state index is 0.0744. The van der Waals surface area contributed by atoms with E-state index in [1.807, 2.05) is 31.3 Å². The molecule has 3 nitrogen and oxygen atoms in total. The van der Waals surface area contributed by atoms with Gasteiger partial charge in [-0.25, -0.2) is 4.98 Å². The highest BCUT2D eigenvalue weighted by Crippen LogP contribution is 2.31. The SMILES string of the molecule is CNc1cc(COc2ccccc2C(C)(C)C)ccn1. The first-order valence-corrected chi connectivity index (χ1v) is 6.85. The van der Waals surface area contributed by atoms with Crippen molar-refractivity contribution in [2.24, 2.45) is 0 Å². The Morgan fingerprint density at radius 2 is 1.90 bits per heavy atom. The van der Waals surface area contributed by atoms with E-state index in [0.29, 0.717) is 6.61 Å². The van der Waals surface area contributed by atoms with Crippen molar-refractivity contribution in [3.05, 3.63) is 53.7 Å². The Morgan fingerprint density at radius 1 is 1.15 bits per heavy atom. The third-order valence-electron chi connectivity index (χ3n) is 3.17. The van der Waals surface area contributed by atoms with Crippen molar-refractivity contribution in [1.82, 2.24) is 4.98 Å². The fraction of sp³-hybridized carbons (Fsp3) is 0.353. The average molecular weight is 270 g/mol. The molecule has 2 aromatic rings. The molecule has 1 aromatic heterocycles. The second-order valence-corrected chi connectivity index (χ2v) is 5.83.